The SMILES string of the molecule is Cc1ccccc1C(CC(=O)Nc1ccc(N2CCc3sccc3C2)cc1)NC(N)=O. The Hall–Kier alpha value is -3.32. The number of primary amides is 1. The van der Waals surface area contributed by atoms with Gasteiger partial charge in [0.1, 0.15) is 0 Å². The van der Waals surface area contributed by atoms with Crippen molar-refractivity contribution in [2.75, 3.05) is 16.8 Å². The quantitative estimate of drug-likeness (QED) is 0.539. The van der Waals surface area contributed by atoms with E-state index in [-0.39, 0.29) is 12.3 Å². The largest absolute Gasteiger partial charge is 0.367 e. The third-order valence-corrected chi connectivity index (χ3v) is 6.62. The van der Waals surface area contributed by atoms with Crippen molar-refractivity contribution < 1.29 is 9.59 Å². The monoisotopic (exact) mass is 434 g/mol. The molecule has 3 amide bonds. The van der Waals surface area contributed by atoms with E-state index in [2.05, 4.69) is 27.0 Å². The van der Waals surface area contributed by atoms with Gasteiger partial charge in [-0.3, -0.25) is 4.79 Å². The molecule has 0 saturated carbocycles. The molecule has 2 aromatic carbocycles. The number of benzene rings is 2. The molecule has 4 rings (SSSR count). The number of rotatable bonds is 6. The number of nitrogens with one attached hydrogen (secondary N) is 2. The van der Waals surface area contributed by atoms with E-state index in [1.54, 1.807) is 0 Å². The molecule has 0 fully saturated rings. The molecule has 1 aliphatic heterocycles. The van der Waals surface area contributed by atoms with Crippen LogP contribution in [0.4, 0.5) is 16.2 Å². The Balaban J connectivity index is 1.40. The van der Waals surface area contributed by atoms with Gasteiger partial charge in [0.15, 0.2) is 0 Å². The smallest absolute Gasteiger partial charge is 0.312 e. The van der Waals surface area contributed by atoms with Crippen LogP contribution in [0.5, 0.6) is 0 Å². The van der Waals surface area contributed by atoms with Gasteiger partial charge in [-0.05, 0) is 65.7 Å². The van der Waals surface area contributed by atoms with Crippen molar-refractivity contribution in [1.29, 1.82) is 0 Å². The lowest BCUT2D eigenvalue weighted by Crippen LogP contribution is -2.35. The number of nitrogens with zero attached hydrogens (tertiary/aromatic N) is 1. The minimum absolute atomic E-state index is 0.0998. The summed E-state index contributed by atoms with van der Waals surface area (Å²) in [5, 5.41) is 7.77. The molecule has 0 radical (unpaired) electrons. The van der Waals surface area contributed by atoms with Gasteiger partial charge in [0.2, 0.25) is 5.91 Å². The highest BCUT2D eigenvalue weighted by Crippen LogP contribution is 2.28. The van der Waals surface area contributed by atoms with E-state index in [0.29, 0.717) is 0 Å². The predicted octanol–water partition coefficient (Wildman–Crippen LogP) is 4.36. The summed E-state index contributed by atoms with van der Waals surface area (Å²) >= 11 is 1.83. The minimum Gasteiger partial charge on any atom is -0.367 e. The zero-order valence-electron chi connectivity index (χ0n) is 17.4. The number of nitrogens with two attached hydrogens (primary N) is 1. The van der Waals surface area contributed by atoms with E-state index in [4.69, 9.17) is 5.73 Å². The number of carbonyl (C=O) groups is 2. The summed E-state index contributed by atoms with van der Waals surface area (Å²) in [7, 11) is 0. The number of fused-ring (bicyclic) bond motifs is 1. The number of urea groups is 1. The third kappa shape index (κ3) is 5.06. The number of carbonyl (C=O) groups excluding carboxylic acids is 2. The topological polar surface area (TPSA) is 87.5 Å². The van der Waals surface area contributed by atoms with Crippen LogP contribution in [-0.4, -0.2) is 18.5 Å². The molecular formula is C24H26N4O2S. The first-order chi connectivity index (χ1) is 15.0. The minimum atomic E-state index is -0.652. The van der Waals surface area contributed by atoms with E-state index in [1.807, 2.05) is 66.8 Å². The first-order valence-electron chi connectivity index (χ1n) is 10.3. The Morgan fingerprint density at radius 3 is 2.65 bits per heavy atom. The van der Waals surface area contributed by atoms with Crippen LogP contribution in [-0.2, 0) is 17.8 Å². The molecule has 0 spiro atoms. The summed E-state index contributed by atoms with van der Waals surface area (Å²) in [6, 6.07) is 16.6. The first-order valence-corrected chi connectivity index (χ1v) is 11.2. The van der Waals surface area contributed by atoms with Crippen LogP contribution in [0.2, 0.25) is 0 Å². The van der Waals surface area contributed by atoms with Crippen molar-refractivity contribution in [2.45, 2.75) is 32.4 Å². The Morgan fingerprint density at radius 2 is 1.90 bits per heavy atom. The summed E-state index contributed by atoms with van der Waals surface area (Å²) in [6.07, 6.45) is 1.17. The summed E-state index contributed by atoms with van der Waals surface area (Å²) in [5.41, 5.74) is 10.5. The molecule has 7 heteroatoms. The average molecular weight is 435 g/mol. The maximum absolute atomic E-state index is 12.7. The number of hydrogen-bond acceptors (Lipinski definition) is 4. The van der Waals surface area contributed by atoms with Crippen molar-refractivity contribution in [1.82, 2.24) is 5.32 Å². The molecule has 4 N–H and O–H groups in total. The number of thiophene rings is 1. The Bertz CT molecular complexity index is 1080. The molecule has 1 aromatic heterocycles. The molecule has 1 unspecified atom stereocenters. The van der Waals surface area contributed by atoms with Gasteiger partial charge in [-0.1, -0.05) is 24.3 Å². The third-order valence-electron chi connectivity index (χ3n) is 5.59. The molecule has 0 bridgehead atoms. The lowest BCUT2D eigenvalue weighted by atomic mass is 9.98. The van der Waals surface area contributed by atoms with Crippen molar-refractivity contribution in [2.24, 2.45) is 5.73 Å². The zero-order chi connectivity index (χ0) is 21.8. The number of hydrogen-bond donors (Lipinski definition) is 3. The average Bonchev–Trinajstić information content (AvgIpc) is 3.22. The van der Waals surface area contributed by atoms with Gasteiger partial charge in [-0.25, -0.2) is 4.79 Å². The van der Waals surface area contributed by atoms with E-state index in [9.17, 15) is 9.59 Å². The van der Waals surface area contributed by atoms with Crippen molar-refractivity contribution >= 4 is 34.6 Å². The molecule has 0 aliphatic carbocycles. The molecule has 2 heterocycles. The summed E-state index contributed by atoms with van der Waals surface area (Å²) in [6.45, 7) is 3.86. The Labute approximate surface area is 186 Å². The molecule has 1 atom stereocenters. The van der Waals surface area contributed by atoms with Crippen LogP contribution < -0.4 is 21.3 Å². The highest BCUT2D eigenvalue weighted by atomic mass is 32.1. The Morgan fingerprint density at radius 1 is 1.13 bits per heavy atom. The predicted molar refractivity (Wildman–Crippen MR) is 125 cm³/mol. The van der Waals surface area contributed by atoms with E-state index in [1.165, 1.54) is 10.4 Å². The second-order valence-corrected chi connectivity index (χ2v) is 8.76. The van der Waals surface area contributed by atoms with Crippen LogP contribution in [0, 0.1) is 6.92 Å². The van der Waals surface area contributed by atoms with Gasteiger partial charge >= 0.3 is 6.03 Å². The molecule has 31 heavy (non-hydrogen) atoms. The van der Waals surface area contributed by atoms with Crippen LogP contribution in [0.25, 0.3) is 0 Å². The second kappa shape index (κ2) is 9.22. The zero-order valence-corrected chi connectivity index (χ0v) is 18.2. The van der Waals surface area contributed by atoms with Gasteiger partial charge in [0.25, 0.3) is 0 Å². The summed E-state index contributed by atoms with van der Waals surface area (Å²) in [5.74, 6) is -0.185. The molecule has 160 valence electrons. The fourth-order valence-electron chi connectivity index (χ4n) is 4.01. The highest BCUT2D eigenvalue weighted by molar-refractivity contribution is 7.10. The Kier molecular flexibility index (Phi) is 6.23. The fourth-order valence-corrected chi connectivity index (χ4v) is 4.90. The van der Waals surface area contributed by atoms with E-state index < -0.39 is 12.1 Å². The van der Waals surface area contributed by atoms with Crippen LogP contribution in [0.3, 0.4) is 0 Å². The second-order valence-electron chi connectivity index (χ2n) is 7.76. The maximum atomic E-state index is 12.7. The van der Waals surface area contributed by atoms with Crippen molar-refractivity contribution in [3.63, 3.8) is 0 Å². The lowest BCUT2D eigenvalue weighted by Gasteiger charge is -2.29. The fraction of sp³-hybridized carbons (Fsp3) is 0.250. The van der Waals surface area contributed by atoms with Gasteiger partial charge < -0.3 is 21.3 Å². The van der Waals surface area contributed by atoms with Gasteiger partial charge in [-0.15, -0.1) is 11.3 Å². The van der Waals surface area contributed by atoms with Crippen LogP contribution in [0.15, 0.2) is 60.0 Å². The number of amides is 3. The van der Waals surface area contributed by atoms with Crippen molar-refractivity contribution in [3.05, 3.63) is 81.5 Å². The molecule has 0 saturated heterocycles. The molecule has 3 aromatic rings. The van der Waals surface area contributed by atoms with Crippen LogP contribution in [0.1, 0.15) is 34.0 Å². The summed E-state index contributed by atoms with van der Waals surface area (Å²) in [4.78, 5) is 28.0. The van der Waals surface area contributed by atoms with E-state index in [0.717, 1.165) is 42.0 Å². The normalized spacial score (nSPS) is 13.9. The molecule has 1 aliphatic rings. The van der Waals surface area contributed by atoms with Crippen molar-refractivity contribution in [3.8, 4) is 0 Å². The van der Waals surface area contributed by atoms with Gasteiger partial charge in [0.05, 0.1) is 12.5 Å². The molecule has 6 nitrogen and oxygen atoms in total. The van der Waals surface area contributed by atoms with E-state index >= 15 is 0 Å². The number of aryl methyl sites for hydroxylation is 1. The lowest BCUT2D eigenvalue weighted by molar-refractivity contribution is -0.116. The standard InChI is InChI=1S/C24H26N4O2S/c1-16-4-2-3-5-20(16)21(27-24(25)30)14-23(29)26-18-6-8-19(9-7-18)28-12-10-22-17(15-28)11-13-31-22/h2-9,11,13,21H,10,12,14-15H2,1H3,(H,26,29)(H3,25,27,30). The molecular weight excluding hydrogens is 408 g/mol. The maximum Gasteiger partial charge on any atom is 0.312 e. The highest BCUT2D eigenvalue weighted by Gasteiger charge is 2.20. The summed E-state index contributed by atoms with van der Waals surface area (Å²) < 4.78 is 0. The van der Waals surface area contributed by atoms with Gasteiger partial charge in [-0.2, -0.15) is 0 Å². The first kappa shape index (κ1) is 20.9. The number of anilines is 2. The van der Waals surface area contributed by atoms with Gasteiger partial charge in [0, 0.05) is 29.3 Å². The van der Waals surface area contributed by atoms with Crippen LogP contribution >= 0.6 is 11.3 Å².